The molecule has 23 heteroatoms. The number of hydrogen-bond acceptors (Lipinski definition) is 23. The second kappa shape index (κ2) is 19.6. The zero-order chi connectivity index (χ0) is 46.9. The van der Waals surface area contributed by atoms with Gasteiger partial charge in [0.1, 0.15) is 64.8 Å². The molecular formula is C41H48O23. The summed E-state index contributed by atoms with van der Waals surface area (Å²) in [5.74, 6) is -5.69. The molecule has 6 rings (SSSR count). The Morgan fingerprint density at radius 2 is 1.16 bits per heavy atom. The van der Waals surface area contributed by atoms with E-state index in [9.17, 15) is 59.7 Å². The fourth-order valence-corrected chi connectivity index (χ4v) is 7.50. The molecule has 64 heavy (non-hydrogen) atoms. The Morgan fingerprint density at radius 3 is 1.75 bits per heavy atom. The van der Waals surface area contributed by atoms with E-state index in [2.05, 4.69) is 0 Å². The monoisotopic (exact) mass is 908 g/mol. The smallest absolute Gasteiger partial charge is 0.303 e. The normalized spacial score (nSPS) is 32.9. The first-order valence-electron chi connectivity index (χ1n) is 19.8. The van der Waals surface area contributed by atoms with Crippen LogP contribution in [0.4, 0.5) is 0 Å². The molecule has 2 aromatic carbocycles. The number of hydrogen-bond donors (Lipinski definition) is 7. The maximum atomic E-state index is 13.9. The average molecular weight is 909 g/mol. The first-order chi connectivity index (χ1) is 30.1. The Morgan fingerprint density at radius 1 is 0.609 bits per heavy atom. The van der Waals surface area contributed by atoms with Crippen molar-refractivity contribution in [2.45, 2.75) is 134 Å². The van der Waals surface area contributed by atoms with Crippen LogP contribution in [-0.4, -0.2) is 158 Å². The molecule has 0 spiro atoms. The van der Waals surface area contributed by atoms with Gasteiger partial charge in [0.2, 0.25) is 17.5 Å². The van der Waals surface area contributed by atoms with Gasteiger partial charge in [0.25, 0.3) is 0 Å². The van der Waals surface area contributed by atoms with Crippen LogP contribution >= 0.6 is 0 Å². The third kappa shape index (κ3) is 10.3. The summed E-state index contributed by atoms with van der Waals surface area (Å²) in [6.07, 6.45) is -24.6. The van der Waals surface area contributed by atoms with Crippen molar-refractivity contribution in [3.05, 3.63) is 46.6 Å². The van der Waals surface area contributed by atoms with Crippen molar-refractivity contribution in [2.75, 3.05) is 6.61 Å². The standard InChI is InChI=1S/C41H48O23/c1-14-32(57-16(3)42)36(59-18(5)44)31(53)40(55-14)64-37-33(58-17(4)43)15(2)56-41(38(37)60-19(6)45)54-13-25-27(49)29(51)30(52)39(62-25)63-35-28(50)26-23(48)11-22(47)12-24(26)61-34(35)20-7-9-21(46)10-8-20/h7-12,14-15,25,27,29-33,36-41,46-49,51-53H,13H2,1-6H3. The Labute approximate surface area is 362 Å². The number of ether oxygens (including phenoxy) is 10. The number of aliphatic hydroxyl groups is 4. The zero-order valence-corrected chi connectivity index (χ0v) is 35.0. The molecule has 0 bridgehead atoms. The number of aliphatic hydroxyl groups excluding tert-OH is 4. The molecule has 1 aromatic heterocycles. The fourth-order valence-electron chi connectivity index (χ4n) is 7.50. The van der Waals surface area contributed by atoms with Gasteiger partial charge in [0.05, 0.1) is 18.8 Å². The predicted molar refractivity (Wildman–Crippen MR) is 208 cm³/mol. The van der Waals surface area contributed by atoms with Gasteiger partial charge in [-0.1, -0.05) is 0 Å². The summed E-state index contributed by atoms with van der Waals surface area (Å²) < 4.78 is 63.2. The molecule has 0 amide bonds. The van der Waals surface area contributed by atoms with E-state index in [4.69, 9.17) is 51.8 Å². The van der Waals surface area contributed by atoms with Crippen LogP contribution in [0.1, 0.15) is 41.5 Å². The van der Waals surface area contributed by atoms with Gasteiger partial charge in [-0.05, 0) is 38.1 Å². The summed E-state index contributed by atoms with van der Waals surface area (Å²) in [6, 6.07) is 7.13. The van der Waals surface area contributed by atoms with Crippen LogP contribution in [0, 0.1) is 0 Å². The molecule has 15 atom stereocenters. The van der Waals surface area contributed by atoms with Gasteiger partial charge in [-0.25, -0.2) is 0 Å². The van der Waals surface area contributed by atoms with Crippen molar-refractivity contribution in [2.24, 2.45) is 0 Å². The Hall–Kier alpha value is -5.63. The second-order valence-corrected chi connectivity index (χ2v) is 15.2. The topological polar surface area (TPSA) is 332 Å². The molecule has 4 heterocycles. The Bertz CT molecular complexity index is 2240. The molecule has 350 valence electrons. The molecule has 3 aliphatic heterocycles. The molecule has 23 nitrogen and oxygen atoms in total. The van der Waals surface area contributed by atoms with Crippen LogP contribution in [0.5, 0.6) is 23.0 Å². The number of rotatable bonds is 12. The van der Waals surface area contributed by atoms with Crippen LogP contribution < -0.4 is 10.2 Å². The number of phenolic OH excluding ortho intramolecular Hbond substituents is 3. The van der Waals surface area contributed by atoms with Crippen molar-refractivity contribution in [1.29, 1.82) is 0 Å². The molecule has 0 saturated carbocycles. The minimum atomic E-state index is -2.05. The molecule has 0 radical (unpaired) electrons. The van der Waals surface area contributed by atoms with Gasteiger partial charge in [0.15, 0.2) is 42.8 Å². The van der Waals surface area contributed by atoms with Crippen LogP contribution in [0.15, 0.2) is 45.6 Å². The number of benzene rings is 2. The van der Waals surface area contributed by atoms with Crippen molar-refractivity contribution in [3.63, 3.8) is 0 Å². The lowest BCUT2D eigenvalue weighted by atomic mass is 9.96. The lowest BCUT2D eigenvalue weighted by Gasteiger charge is -2.48. The molecule has 3 fully saturated rings. The molecule has 3 aliphatic rings. The summed E-state index contributed by atoms with van der Waals surface area (Å²) in [4.78, 5) is 62.8. The summed E-state index contributed by atoms with van der Waals surface area (Å²) in [5.41, 5.74) is -1.16. The number of fused-ring (bicyclic) bond motifs is 1. The van der Waals surface area contributed by atoms with Gasteiger partial charge in [-0.3, -0.25) is 24.0 Å². The van der Waals surface area contributed by atoms with Crippen molar-refractivity contribution in [3.8, 4) is 34.3 Å². The average Bonchev–Trinajstić information content (AvgIpc) is 3.20. The maximum Gasteiger partial charge on any atom is 0.303 e. The highest BCUT2D eigenvalue weighted by atomic mass is 16.8. The molecule has 0 aliphatic carbocycles. The highest BCUT2D eigenvalue weighted by molar-refractivity contribution is 5.88. The molecule has 7 N–H and O–H groups in total. The predicted octanol–water partition coefficient (Wildman–Crippen LogP) is -0.258. The second-order valence-electron chi connectivity index (χ2n) is 15.2. The van der Waals surface area contributed by atoms with Crippen molar-refractivity contribution < 1.29 is 107 Å². The van der Waals surface area contributed by atoms with Gasteiger partial charge in [-0.2, -0.15) is 0 Å². The van der Waals surface area contributed by atoms with E-state index in [1.807, 2.05) is 0 Å². The first kappa shape index (κ1) is 47.8. The summed E-state index contributed by atoms with van der Waals surface area (Å²) in [7, 11) is 0. The van der Waals surface area contributed by atoms with E-state index in [0.29, 0.717) is 0 Å². The van der Waals surface area contributed by atoms with Gasteiger partial charge in [-0.15, -0.1) is 0 Å². The van der Waals surface area contributed by atoms with Gasteiger partial charge >= 0.3 is 23.9 Å². The molecule has 3 saturated heterocycles. The number of esters is 4. The van der Waals surface area contributed by atoms with Crippen LogP contribution in [0.25, 0.3) is 22.3 Å². The van der Waals surface area contributed by atoms with Gasteiger partial charge in [0, 0.05) is 45.4 Å². The zero-order valence-electron chi connectivity index (χ0n) is 35.0. The summed E-state index contributed by atoms with van der Waals surface area (Å²) >= 11 is 0. The van der Waals surface area contributed by atoms with Crippen LogP contribution in [-0.2, 0) is 61.8 Å². The highest BCUT2D eigenvalue weighted by Crippen LogP contribution is 2.39. The summed E-state index contributed by atoms with van der Waals surface area (Å²) in [6.45, 7) is 6.36. The number of carbonyl (C=O) groups excluding carboxylic acids is 4. The lowest BCUT2D eigenvalue weighted by Crippen LogP contribution is -2.66. The Kier molecular flexibility index (Phi) is 14.7. The van der Waals surface area contributed by atoms with E-state index < -0.39 is 151 Å². The lowest BCUT2D eigenvalue weighted by molar-refractivity contribution is -0.360. The van der Waals surface area contributed by atoms with Gasteiger partial charge < -0.3 is 87.5 Å². The third-order valence-corrected chi connectivity index (χ3v) is 10.4. The number of phenols is 3. The quantitative estimate of drug-likeness (QED) is 0.0909. The van der Waals surface area contributed by atoms with Crippen LogP contribution in [0.2, 0.25) is 0 Å². The van der Waals surface area contributed by atoms with Crippen molar-refractivity contribution >= 4 is 34.8 Å². The first-order valence-corrected chi connectivity index (χ1v) is 19.8. The van der Waals surface area contributed by atoms with E-state index >= 15 is 0 Å². The van der Waals surface area contributed by atoms with Crippen molar-refractivity contribution in [1.82, 2.24) is 0 Å². The SMILES string of the molecule is CC(=O)OC1C(C)OC(OC2C(OC(C)=O)C(C)OC(OCC3OC(Oc4c(-c5ccc(O)cc5)oc5cc(O)cc(O)c5c4=O)C(O)C(O)C3O)C2OC(C)=O)C(O)C1OC(C)=O. The van der Waals surface area contributed by atoms with E-state index in [1.54, 1.807) is 0 Å². The maximum absolute atomic E-state index is 13.9. The number of aromatic hydroxyl groups is 3. The minimum absolute atomic E-state index is 0.135. The Balaban J connectivity index is 1.29. The minimum Gasteiger partial charge on any atom is -0.508 e. The largest absolute Gasteiger partial charge is 0.508 e. The molecule has 15 unspecified atom stereocenters. The fraction of sp³-hybridized carbons (Fsp3) is 0.537. The third-order valence-electron chi connectivity index (χ3n) is 10.4. The summed E-state index contributed by atoms with van der Waals surface area (Å²) in [5, 5.41) is 74.6. The van der Waals surface area contributed by atoms with E-state index in [1.165, 1.54) is 38.1 Å². The van der Waals surface area contributed by atoms with E-state index in [-0.39, 0.29) is 22.7 Å². The number of carbonyl (C=O) groups is 4. The molecular weight excluding hydrogens is 860 g/mol. The van der Waals surface area contributed by atoms with Crippen LogP contribution in [0.3, 0.4) is 0 Å². The van der Waals surface area contributed by atoms with E-state index in [0.717, 1.165) is 39.8 Å². The molecule has 3 aromatic rings. The highest BCUT2D eigenvalue weighted by Gasteiger charge is 2.55.